The molecule has 114 valence electrons. The van der Waals surface area contributed by atoms with E-state index in [0.717, 1.165) is 18.2 Å². The number of halogens is 1. The van der Waals surface area contributed by atoms with E-state index in [2.05, 4.69) is 10.6 Å². The monoisotopic (exact) mass is 297 g/mol. The van der Waals surface area contributed by atoms with Gasteiger partial charge >= 0.3 is 12.0 Å². The van der Waals surface area contributed by atoms with Crippen LogP contribution in [0.15, 0.2) is 18.2 Å². The number of hydrogen-bond acceptors (Lipinski definition) is 3. The van der Waals surface area contributed by atoms with E-state index in [1.807, 2.05) is 0 Å². The van der Waals surface area contributed by atoms with Crippen LogP contribution >= 0.6 is 0 Å². The van der Waals surface area contributed by atoms with Crippen molar-refractivity contribution in [2.24, 2.45) is 0 Å². The van der Waals surface area contributed by atoms with Crippen molar-refractivity contribution >= 4 is 23.6 Å². The van der Waals surface area contributed by atoms with E-state index in [9.17, 15) is 18.8 Å². The highest BCUT2D eigenvalue weighted by atomic mass is 19.1. The summed E-state index contributed by atoms with van der Waals surface area (Å²) in [5, 5.41) is 13.4. The Morgan fingerprint density at radius 1 is 1.29 bits per heavy atom. The molecule has 0 aliphatic rings. The molecular formula is C13H16FN3O4. The zero-order chi connectivity index (χ0) is 16.0. The van der Waals surface area contributed by atoms with Gasteiger partial charge in [-0.05, 0) is 18.2 Å². The Kier molecular flexibility index (Phi) is 5.65. The number of carbonyl (C=O) groups excluding carboxylic acids is 2. The van der Waals surface area contributed by atoms with Crippen molar-refractivity contribution in [3.05, 3.63) is 29.6 Å². The second kappa shape index (κ2) is 7.22. The number of amides is 3. The summed E-state index contributed by atoms with van der Waals surface area (Å²) in [6, 6.07) is 2.34. The van der Waals surface area contributed by atoms with Crippen molar-refractivity contribution in [3.63, 3.8) is 0 Å². The van der Waals surface area contributed by atoms with Crippen LogP contribution in [0.25, 0.3) is 0 Å². The Morgan fingerprint density at radius 3 is 2.52 bits per heavy atom. The number of benzene rings is 1. The average molecular weight is 297 g/mol. The van der Waals surface area contributed by atoms with Crippen LogP contribution in [0.1, 0.15) is 16.8 Å². The summed E-state index contributed by atoms with van der Waals surface area (Å²) >= 11 is 0. The zero-order valence-electron chi connectivity index (χ0n) is 11.6. The highest BCUT2D eigenvalue weighted by Crippen LogP contribution is 2.16. The zero-order valence-corrected chi connectivity index (χ0v) is 11.6. The molecule has 3 N–H and O–H groups in total. The van der Waals surface area contributed by atoms with Gasteiger partial charge in [0.15, 0.2) is 0 Å². The van der Waals surface area contributed by atoms with E-state index >= 15 is 0 Å². The van der Waals surface area contributed by atoms with Crippen molar-refractivity contribution in [2.45, 2.75) is 6.42 Å². The number of rotatable bonds is 5. The van der Waals surface area contributed by atoms with Crippen LogP contribution in [0, 0.1) is 5.82 Å². The van der Waals surface area contributed by atoms with Crippen molar-refractivity contribution in [1.82, 2.24) is 10.2 Å². The smallest absolute Gasteiger partial charge is 0.335 e. The van der Waals surface area contributed by atoms with Crippen LogP contribution < -0.4 is 10.6 Å². The topological polar surface area (TPSA) is 98.7 Å². The van der Waals surface area contributed by atoms with Gasteiger partial charge in [0.2, 0.25) is 5.91 Å². The van der Waals surface area contributed by atoms with Gasteiger partial charge < -0.3 is 20.6 Å². The molecule has 0 unspecified atom stereocenters. The summed E-state index contributed by atoms with van der Waals surface area (Å²) in [5.41, 5.74) is -0.388. The first-order valence-corrected chi connectivity index (χ1v) is 6.09. The first kappa shape index (κ1) is 16.4. The highest BCUT2D eigenvalue weighted by Gasteiger charge is 2.11. The molecule has 0 atom stereocenters. The molecule has 1 aromatic rings. The van der Waals surface area contributed by atoms with Gasteiger partial charge in [-0.3, -0.25) is 4.79 Å². The van der Waals surface area contributed by atoms with E-state index in [4.69, 9.17) is 5.11 Å². The fraction of sp³-hybridized carbons (Fsp3) is 0.308. The molecule has 1 rings (SSSR count). The Morgan fingerprint density at radius 2 is 1.95 bits per heavy atom. The molecule has 0 spiro atoms. The third-order valence-electron chi connectivity index (χ3n) is 2.58. The lowest BCUT2D eigenvalue weighted by Gasteiger charge is -2.11. The Balaban J connectivity index is 2.57. The first-order valence-electron chi connectivity index (χ1n) is 6.09. The summed E-state index contributed by atoms with van der Waals surface area (Å²) in [7, 11) is 3.18. The standard InChI is InChI=1S/C13H16FN3O4/c1-17(2)11(18)5-6-15-13(21)16-10-7-8(12(19)20)3-4-9(10)14/h3-4,7H,5-6H2,1-2H3,(H,19,20)(H2,15,16,21). The average Bonchev–Trinajstić information content (AvgIpc) is 2.40. The minimum Gasteiger partial charge on any atom is -0.478 e. The molecule has 0 heterocycles. The van der Waals surface area contributed by atoms with E-state index in [-0.39, 0.29) is 30.1 Å². The number of nitrogens with zero attached hydrogens (tertiary/aromatic N) is 1. The number of anilines is 1. The summed E-state index contributed by atoms with van der Waals surface area (Å²) in [6.45, 7) is 0.0864. The van der Waals surface area contributed by atoms with Gasteiger partial charge in [0.1, 0.15) is 5.82 Å². The number of urea groups is 1. The maximum absolute atomic E-state index is 13.5. The molecule has 0 fully saturated rings. The lowest BCUT2D eigenvalue weighted by Crippen LogP contribution is -2.33. The van der Waals surface area contributed by atoms with Crippen LogP contribution in [0.2, 0.25) is 0 Å². The molecule has 8 heteroatoms. The van der Waals surface area contributed by atoms with Crippen LogP contribution in [0.4, 0.5) is 14.9 Å². The van der Waals surface area contributed by atoms with E-state index in [1.165, 1.54) is 4.90 Å². The van der Waals surface area contributed by atoms with Gasteiger partial charge in [-0.2, -0.15) is 0 Å². The largest absolute Gasteiger partial charge is 0.478 e. The Hall–Kier alpha value is -2.64. The van der Waals surface area contributed by atoms with Crippen molar-refractivity contribution in [2.75, 3.05) is 26.0 Å². The van der Waals surface area contributed by atoms with Gasteiger partial charge in [0.05, 0.1) is 11.3 Å². The highest BCUT2D eigenvalue weighted by molar-refractivity contribution is 5.93. The third kappa shape index (κ3) is 5.09. The second-order valence-electron chi connectivity index (χ2n) is 4.42. The van der Waals surface area contributed by atoms with Crippen LogP contribution in [-0.4, -0.2) is 48.6 Å². The fourth-order valence-electron chi connectivity index (χ4n) is 1.43. The summed E-state index contributed by atoms with van der Waals surface area (Å²) in [5.74, 6) is -2.14. The first-order chi connectivity index (χ1) is 9.81. The molecule has 0 bridgehead atoms. The van der Waals surface area contributed by atoms with Gasteiger partial charge in [0.25, 0.3) is 0 Å². The van der Waals surface area contributed by atoms with Crippen LogP contribution in [0.5, 0.6) is 0 Å². The van der Waals surface area contributed by atoms with Gasteiger partial charge in [-0.15, -0.1) is 0 Å². The quantitative estimate of drug-likeness (QED) is 0.758. The van der Waals surface area contributed by atoms with Gasteiger partial charge in [0, 0.05) is 27.1 Å². The molecular weight excluding hydrogens is 281 g/mol. The maximum atomic E-state index is 13.5. The number of carboxylic acids is 1. The fourth-order valence-corrected chi connectivity index (χ4v) is 1.43. The number of nitrogens with one attached hydrogen (secondary N) is 2. The number of aromatic carboxylic acids is 1. The van der Waals surface area contributed by atoms with Crippen LogP contribution in [-0.2, 0) is 4.79 Å². The molecule has 0 aromatic heterocycles. The van der Waals surface area contributed by atoms with Crippen LogP contribution in [0.3, 0.4) is 0 Å². The van der Waals surface area contributed by atoms with Crippen molar-refractivity contribution in [3.8, 4) is 0 Å². The molecule has 7 nitrogen and oxygen atoms in total. The lowest BCUT2D eigenvalue weighted by molar-refractivity contribution is -0.128. The molecule has 0 aliphatic heterocycles. The predicted molar refractivity (Wildman–Crippen MR) is 73.7 cm³/mol. The minimum absolute atomic E-state index is 0.0864. The molecule has 0 aliphatic carbocycles. The molecule has 0 saturated heterocycles. The summed E-state index contributed by atoms with van der Waals surface area (Å²) in [4.78, 5) is 35.0. The van der Waals surface area contributed by atoms with Crippen molar-refractivity contribution < 1.29 is 23.9 Å². The number of carboxylic acid groups (broad SMARTS) is 1. The van der Waals surface area contributed by atoms with Crippen molar-refractivity contribution in [1.29, 1.82) is 0 Å². The minimum atomic E-state index is -1.23. The Bertz CT molecular complexity index is 560. The van der Waals surface area contributed by atoms with Gasteiger partial charge in [-0.25, -0.2) is 14.0 Å². The van der Waals surface area contributed by atoms with E-state index < -0.39 is 17.8 Å². The number of hydrogen-bond donors (Lipinski definition) is 3. The van der Waals surface area contributed by atoms with E-state index in [1.54, 1.807) is 14.1 Å². The normalized spacial score (nSPS) is 9.86. The summed E-state index contributed by atoms with van der Waals surface area (Å²) in [6.07, 6.45) is 0.109. The maximum Gasteiger partial charge on any atom is 0.335 e. The number of carbonyl (C=O) groups is 3. The van der Waals surface area contributed by atoms with Gasteiger partial charge in [-0.1, -0.05) is 0 Å². The molecule has 1 aromatic carbocycles. The molecule has 21 heavy (non-hydrogen) atoms. The predicted octanol–water partition coefficient (Wildman–Crippen LogP) is 1.12. The Labute approximate surface area is 120 Å². The summed E-state index contributed by atoms with van der Waals surface area (Å²) < 4.78 is 13.5. The van der Waals surface area contributed by atoms with E-state index in [0.29, 0.717) is 0 Å². The molecule has 3 amide bonds. The second-order valence-corrected chi connectivity index (χ2v) is 4.42. The molecule has 0 saturated carbocycles. The lowest BCUT2D eigenvalue weighted by atomic mass is 10.2. The third-order valence-corrected chi connectivity index (χ3v) is 2.58. The molecule has 0 radical (unpaired) electrons. The SMILES string of the molecule is CN(C)C(=O)CCNC(=O)Nc1cc(C(=O)O)ccc1F.